The first-order chi connectivity index (χ1) is 6.00. The lowest BCUT2D eigenvalue weighted by Gasteiger charge is -2.23. The third kappa shape index (κ3) is 2.98. The van der Waals surface area contributed by atoms with E-state index >= 15 is 0 Å². The Morgan fingerprint density at radius 1 is 1.23 bits per heavy atom. The van der Waals surface area contributed by atoms with Crippen LogP contribution in [0.1, 0.15) is 47.5 Å². The van der Waals surface area contributed by atoms with Gasteiger partial charge >= 0.3 is 0 Å². The van der Waals surface area contributed by atoms with E-state index in [2.05, 4.69) is 34.6 Å². The predicted octanol–water partition coefficient (Wildman–Crippen LogP) is 3.48. The zero-order valence-electron chi connectivity index (χ0n) is 9.71. The average molecular weight is 184 g/mol. The minimum Gasteiger partial charge on any atom is -0.375 e. The van der Waals surface area contributed by atoms with E-state index in [0.29, 0.717) is 12.2 Å². The van der Waals surface area contributed by atoms with Crippen LogP contribution in [0, 0.1) is 17.8 Å². The minimum atomic E-state index is 0.476. The number of rotatable bonds is 3. The first kappa shape index (κ1) is 11.0. The van der Waals surface area contributed by atoms with Gasteiger partial charge in [-0.15, -0.1) is 0 Å². The van der Waals surface area contributed by atoms with Gasteiger partial charge in [-0.1, -0.05) is 20.8 Å². The van der Waals surface area contributed by atoms with E-state index in [9.17, 15) is 0 Å². The van der Waals surface area contributed by atoms with E-state index in [1.165, 1.54) is 12.8 Å². The van der Waals surface area contributed by atoms with Crippen LogP contribution in [-0.4, -0.2) is 12.2 Å². The van der Waals surface area contributed by atoms with Gasteiger partial charge in [0.1, 0.15) is 0 Å². The molecule has 0 radical (unpaired) electrons. The summed E-state index contributed by atoms with van der Waals surface area (Å²) in [6, 6.07) is 0. The van der Waals surface area contributed by atoms with Gasteiger partial charge in [0.25, 0.3) is 0 Å². The van der Waals surface area contributed by atoms with Crippen molar-refractivity contribution >= 4 is 0 Å². The molecular weight excluding hydrogens is 160 g/mol. The highest BCUT2D eigenvalue weighted by molar-refractivity contribution is 4.81. The zero-order valence-corrected chi connectivity index (χ0v) is 9.71. The van der Waals surface area contributed by atoms with Crippen molar-refractivity contribution in [2.75, 3.05) is 0 Å². The van der Waals surface area contributed by atoms with Crippen LogP contribution in [-0.2, 0) is 4.74 Å². The summed E-state index contributed by atoms with van der Waals surface area (Å²) in [4.78, 5) is 0. The zero-order chi connectivity index (χ0) is 10.0. The van der Waals surface area contributed by atoms with Crippen molar-refractivity contribution in [3.05, 3.63) is 0 Å². The van der Waals surface area contributed by atoms with Crippen LogP contribution in [0.5, 0.6) is 0 Å². The average Bonchev–Trinajstić information content (AvgIpc) is 2.28. The molecule has 13 heavy (non-hydrogen) atoms. The molecule has 0 aliphatic carbocycles. The summed E-state index contributed by atoms with van der Waals surface area (Å²) in [6.07, 6.45) is 3.55. The lowest BCUT2D eigenvalue weighted by molar-refractivity contribution is 0.0473. The maximum atomic E-state index is 5.78. The molecule has 1 aliphatic heterocycles. The van der Waals surface area contributed by atoms with Gasteiger partial charge in [0.15, 0.2) is 0 Å². The van der Waals surface area contributed by atoms with E-state index in [-0.39, 0.29) is 0 Å². The van der Waals surface area contributed by atoms with E-state index in [0.717, 1.165) is 17.8 Å². The molecule has 1 rings (SSSR count). The summed E-state index contributed by atoms with van der Waals surface area (Å²) in [7, 11) is 0. The number of hydrogen-bond acceptors (Lipinski definition) is 1. The Morgan fingerprint density at radius 2 is 1.85 bits per heavy atom. The Balaban J connectivity index is 2.42. The third-order valence-electron chi connectivity index (χ3n) is 3.23. The van der Waals surface area contributed by atoms with Gasteiger partial charge in [-0.3, -0.25) is 0 Å². The largest absolute Gasteiger partial charge is 0.375 e. The molecule has 1 heterocycles. The van der Waals surface area contributed by atoms with Gasteiger partial charge in [-0.25, -0.2) is 0 Å². The second-order valence-electron chi connectivity index (χ2n) is 5.16. The molecule has 0 amide bonds. The van der Waals surface area contributed by atoms with Gasteiger partial charge in [0.2, 0.25) is 0 Å². The smallest absolute Gasteiger partial charge is 0.0582 e. The second kappa shape index (κ2) is 4.45. The highest BCUT2D eigenvalue weighted by atomic mass is 16.5. The van der Waals surface area contributed by atoms with Crippen molar-refractivity contribution in [1.82, 2.24) is 0 Å². The molecule has 78 valence electrons. The SMILES string of the molecule is CC(C)CC(C)C1CC(C)OC1C. The Bertz CT molecular complexity index is 153. The molecule has 4 unspecified atom stereocenters. The molecule has 0 bridgehead atoms. The third-order valence-corrected chi connectivity index (χ3v) is 3.23. The summed E-state index contributed by atoms with van der Waals surface area (Å²) < 4.78 is 5.78. The lowest BCUT2D eigenvalue weighted by atomic mass is 9.82. The monoisotopic (exact) mass is 184 g/mol. The standard InChI is InChI=1S/C12H24O/c1-8(2)6-9(3)12-7-10(4)13-11(12)5/h8-12H,6-7H2,1-5H3. The molecule has 1 heteroatoms. The predicted molar refractivity (Wildman–Crippen MR) is 56.7 cm³/mol. The fourth-order valence-corrected chi connectivity index (χ4v) is 2.71. The molecule has 1 fully saturated rings. The van der Waals surface area contributed by atoms with Crippen LogP contribution in [0.4, 0.5) is 0 Å². The summed E-state index contributed by atoms with van der Waals surface area (Å²) in [5, 5.41) is 0. The fraction of sp³-hybridized carbons (Fsp3) is 1.00. The van der Waals surface area contributed by atoms with Gasteiger partial charge in [-0.05, 0) is 44.4 Å². The molecule has 0 aromatic rings. The molecule has 0 aromatic heterocycles. The van der Waals surface area contributed by atoms with Crippen molar-refractivity contribution in [3.63, 3.8) is 0 Å². The summed E-state index contributed by atoms with van der Waals surface area (Å²) in [5.41, 5.74) is 0. The number of ether oxygens (including phenoxy) is 1. The quantitative estimate of drug-likeness (QED) is 0.652. The maximum absolute atomic E-state index is 5.78. The molecule has 1 aliphatic rings. The first-order valence-corrected chi connectivity index (χ1v) is 5.66. The normalized spacial score (nSPS) is 36.9. The van der Waals surface area contributed by atoms with Crippen LogP contribution in [0.2, 0.25) is 0 Å². The van der Waals surface area contributed by atoms with E-state index in [1.807, 2.05) is 0 Å². The molecule has 0 aromatic carbocycles. The van der Waals surface area contributed by atoms with E-state index in [1.54, 1.807) is 0 Å². The Hall–Kier alpha value is -0.0400. The minimum absolute atomic E-state index is 0.476. The second-order valence-corrected chi connectivity index (χ2v) is 5.16. The Kier molecular flexibility index (Phi) is 3.78. The molecule has 0 saturated carbocycles. The molecule has 1 nitrogen and oxygen atoms in total. The molecule has 4 atom stereocenters. The van der Waals surface area contributed by atoms with Crippen LogP contribution < -0.4 is 0 Å². The van der Waals surface area contributed by atoms with Crippen molar-refractivity contribution in [2.24, 2.45) is 17.8 Å². The van der Waals surface area contributed by atoms with Crippen molar-refractivity contribution in [1.29, 1.82) is 0 Å². The van der Waals surface area contributed by atoms with Crippen molar-refractivity contribution < 1.29 is 4.74 Å². The van der Waals surface area contributed by atoms with Gasteiger partial charge in [0, 0.05) is 0 Å². The molecule has 1 saturated heterocycles. The fourth-order valence-electron chi connectivity index (χ4n) is 2.71. The van der Waals surface area contributed by atoms with Crippen LogP contribution in [0.15, 0.2) is 0 Å². The van der Waals surface area contributed by atoms with Crippen LogP contribution in [0.3, 0.4) is 0 Å². The van der Waals surface area contributed by atoms with Crippen LogP contribution >= 0.6 is 0 Å². The molecule has 0 N–H and O–H groups in total. The van der Waals surface area contributed by atoms with Crippen molar-refractivity contribution in [3.8, 4) is 0 Å². The highest BCUT2D eigenvalue weighted by Gasteiger charge is 2.33. The van der Waals surface area contributed by atoms with E-state index in [4.69, 9.17) is 4.74 Å². The van der Waals surface area contributed by atoms with Gasteiger partial charge < -0.3 is 4.74 Å². The van der Waals surface area contributed by atoms with Crippen molar-refractivity contribution in [2.45, 2.75) is 59.7 Å². The topological polar surface area (TPSA) is 9.23 Å². The summed E-state index contributed by atoms with van der Waals surface area (Å²) >= 11 is 0. The molecular formula is C12H24O. The van der Waals surface area contributed by atoms with Gasteiger partial charge in [-0.2, -0.15) is 0 Å². The first-order valence-electron chi connectivity index (χ1n) is 5.66. The molecule has 0 spiro atoms. The summed E-state index contributed by atoms with van der Waals surface area (Å²) in [6.45, 7) is 11.4. The highest BCUT2D eigenvalue weighted by Crippen LogP contribution is 2.34. The van der Waals surface area contributed by atoms with Crippen LogP contribution in [0.25, 0.3) is 0 Å². The van der Waals surface area contributed by atoms with E-state index < -0.39 is 0 Å². The number of hydrogen-bond donors (Lipinski definition) is 0. The summed E-state index contributed by atoms with van der Waals surface area (Å²) in [5.74, 6) is 2.43. The Labute approximate surface area is 82.9 Å². The Morgan fingerprint density at radius 3 is 2.23 bits per heavy atom. The lowest BCUT2D eigenvalue weighted by Crippen LogP contribution is -2.20. The van der Waals surface area contributed by atoms with Gasteiger partial charge in [0.05, 0.1) is 12.2 Å². The maximum Gasteiger partial charge on any atom is 0.0582 e.